The molecule has 6 nitrogen and oxygen atoms in total. The molecule has 2 rings (SSSR count). The summed E-state index contributed by atoms with van der Waals surface area (Å²) in [6, 6.07) is 2.35. The van der Waals surface area contributed by atoms with Crippen molar-refractivity contribution >= 4 is 33.2 Å². The number of anilines is 1. The molecule has 0 radical (unpaired) electrons. The molecular weight excluding hydrogens is 364 g/mol. The lowest BCUT2D eigenvalue weighted by Gasteiger charge is -2.29. The number of hydrogen-bond acceptors (Lipinski definition) is 4. The molecule has 1 aliphatic carbocycles. The van der Waals surface area contributed by atoms with E-state index in [4.69, 9.17) is 11.6 Å². The van der Waals surface area contributed by atoms with Gasteiger partial charge in [-0.25, -0.2) is 13.2 Å². The first-order chi connectivity index (χ1) is 11.6. The first-order valence-corrected chi connectivity index (χ1v) is 10.4. The highest BCUT2D eigenvalue weighted by atomic mass is 35.5. The Morgan fingerprint density at radius 2 is 1.92 bits per heavy atom. The fourth-order valence-electron chi connectivity index (χ4n) is 3.01. The van der Waals surface area contributed by atoms with E-state index >= 15 is 0 Å². The minimum atomic E-state index is -3.79. The SMILES string of the molecule is CC1CCCCC1NC(=O)Nc1ccc(Cl)c(S(=O)(=O)C(C)C)c1O. The number of carbonyl (C=O) groups excluding carboxylic acids is 1. The third-order valence-electron chi connectivity index (χ3n) is 4.66. The van der Waals surface area contributed by atoms with Gasteiger partial charge in [0.25, 0.3) is 0 Å². The van der Waals surface area contributed by atoms with Crippen LogP contribution in [0.5, 0.6) is 5.75 Å². The molecule has 2 amide bonds. The zero-order valence-electron chi connectivity index (χ0n) is 14.7. The Kier molecular flexibility index (Phi) is 6.21. The van der Waals surface area contributed by atoms with Gasteiger partial charge in [0.15, 0.2) is 15.6 Å². The molecule has 0 saturated heterocycles. The Balaban J connectivity index is 2.22. The van der Waals surface area contributed by atoms with Gasteiger partial charge in [-0.05, 0) is 44.7 Å². The number of hydrogen-bond donors (Lipinski definition) is 3. The third kappa shape index (κ3) is 4.39. The van der Waals surface area contributed by atoms with Gasteiger partial charge in [-0.1, -0.05) is 31.4 Å². The van der Waals surface area contributed by atoms with E-state index in [9.17, 15) is 18.3 Å². The summed E-state index contributed by atoms with van der Waals surface area (Å²) in [5.74, 6) is -0.150. The second kappa shape index (κ2) is 7.83. The summed E-state index contributed by atoms with van der Waals surface area (Å²) in [5, 5.41) is 15.0. The molecule has 1 aromatic rings. The average molecular weight is 389 g/mol. The van der Waals surface area contributed by atoms with Crippen molar-refractivity contribution in [2.75, 3.05) is 5.32 Å². The normalized spacial score (nSPS) is 21.2. The maximum Gasteiger partial charge on any atom is 0.319 e. The van der Waals surface area contributed by atoms with Crippen LogP contribution in [-0.4, -0.2) is 30.8 Å². The fourth-order valence-corrected chi connectivity index (χ4v) is 4.68. The highest BCUT2D eigenvalue weighted by Gasteiger charge is 2.29. The summed E-state index contributed by atoms with van der Waals surface area (Å²) < 4.78 is 24.8. The summed E-state index contributed by atoms with van der Waals surface area (Å²) >= 11 is 5.97. The van der Waals surface area contributed by atoms with E-state index in [1.807, 2.05) is 0 Å². The smallest absolute Gasteiger partial charge is 0.319 e. The predicted octanol–water partition coefficient (Wildman–Crippen LogP) is 3.93. The van der Waals surface area contributed by atoms with Crippen LogP contribution in [0, 0.1) is 5.92 Å². The van der Waals surface area contributed by atoms with Gasteiger partial charge in [-0.2, -0.15) is 0 Å². The number of carbonyl (C=O) groups is 1. The lowest BCUT2D eigenvalue weighted by atomic mass is 9.86. The Bertz CT molecular complexity index is 749. The van der Waals surface area contributed by atoms with Gasteiger partial charge in [0.05, 0.1) is 16.0 Å². The van der Waals surface area contributed by atoms with Crippen LogP contribution in [0.4, 0.5) is 10.5 Å². The largest absolute Gasteiger partial charge is 0.504 e. The molecule has 0 aromatic heterocycles. The molecule has 25 heavy (non-hydrogen) atoms. The second-order valence-corrected chi connectivity index (χ2v) is 9.68. The molecule has 0 aliphatic heterocycles. The molecular formula is C17H25ClN2O4S. The first kappa shape index (κ1) is 19.8. The van der Waals surface area contributed by atoms with Gasteiger partial charge in [0.1, 0.15) is 4.90 Å². The number of phenols is 1. The molecule has 1 aliphatic rings. The number of rotatable bonds is 4. The van der Waals surface area contributed by atoms with Crippen LogP contribution in [0.1, 0.15) is 46.5 Å². The highest BCUT2D eigenvalue weighted by molar-refractivity contribution is 7.92. The molecule has 3 N–H and O–H groups in total. The average Bonchev–Trinajstić information content (AvgIpc) is 2.52. The summed E-state index contributed by atoms with van der Waals surface area (Å²) in [6.07, 6.45) is 4.20. The van der Waals surface area contributed by atoms with Crippen LogP contribution in [0.15, 0.2) is 17.0 Å². The fraction of sp³-hybridized carbons (Fsp3) is 0.588. The van der Waals surface area contributed by atoms with Gasteiger partial charge in [0.2, 0.25) is 0 Å². The van der Waals surface area contributed by atoms with Crippen molar-refractivity contribution in [2.45, 2.75) is 62.6 Å². The monoisotopic (exact) mass is 388 g/mol. The number of halogens is 1. The Hall–Kier alpha value is -1.47. The van der Waals surface area contributed by atoms with Crippen molar-refractivity contribution < 1.29 is 18.3 Å². The molecule has 2 atom stereocenters. The maximum atomic E-state index is 12.4. The topological polar surface area (TPSA) is 95.5 Å². The van der Waals surface area contributed by atoms with Crippen molar-refractivity contribution in [3.63, 3.8) is 0 Å². The quantitative estimate of drug-likeness (QED) is 0.681. The van der Waals surface area contributed by atoms with E-state index in [1.54, 1.807) is 0 Å². The van der Waals surface area contributed by atoms with Crippen molar-refractivity contribution in [3.8, 4) is 5.75 Å². The van der Waals surface area contributed by atoms with Crippen LogP contribution < -0.4 is 10.6 Å². The van der Waals surface area contributed by atoms with Gasteiger partial charge in [0, 0.05) is 6.04 Å². The molecule has 1 aromatic carbocycles. The summed E-state index contributed by atoms with van der Waals surface area (Å²) in [6.45, 7) is 5.10. The summed E-state index contributed by atoms with van der Waals surface area (Å²) in [4.78, 5) is 11.9. The van der Waals surface area contributed by atoms with Crippen LogP contribution in [0.25, 0.3) is 0 Å². The first-order valence-electron chi connectivity index (χ1n) is 8.47. The van der Waals surface area contributed by atoms with Crippen LogP contribution in [0.3, 0.4) is 0 Å². The van der Waals surface area contributed by atoms with Crippen LogP contribution in [-0.2, 0) is 9.84 Å². The van der Waals surface area contributed by atoms with Crippen LogP contribution in [0.2, 0.25) is 5.02 Å². The molecule has 2 unspecified atom stereocenters. The molecule has 0 spiro atoms. The standard InChI is InChI=1S/C17H25ClN2O4S/c1-10(2)25(23,24)16-12(18)8-9-14(15(16)21)20-17(22)19-13-7-5-4-6-11(13)3/h8-11,13,21H,4-7H2,1-3H3,(H2,19,20,22). The van der Waals surface area contributed by atoms with Gasteiger partial charge in [-0.15, -0.1) is 0 Å². The molecule has 1 saturated carbocycles. The van der Waals surface area contributed by atoms with E-state index in [-0.39, 0.29) is 21.6 Å². The zero-order chi connectivity index (χ0) is 18.8. The van der Waals surface area contributed by atoms with Crippen molar-refractivity contribution in [1.29, 1.82) is 0 Å². The van der Waals surface area contributed by atoms with E-state index in [0.717, 1.165) is 25.7 Å². The Labute approximate surface area is 153 Å². The summed E-state index contributed by atoms with van der Waals surface area (Å²) in [7, 11) is -3.79. The molecule has 1 fully saturated rings. The second-order valence-electron chi connectivity index (χ2n) is 6.83. The van der Waals surface area contributed by atoms with Gasteiger partial charge in [-0.3, -0.25) is 0 Å². The highest BCUT2D eigenvalue weighted by Crippen LogP contribution is 2.38. The minimum Gasteiger partial charge on any atom is -0.504 e. The number of aromatic hydroxyl groups is 1. The number of phenolic OH excluding ortho intramolecular Hbond substituents is 1. The number of nitrogens with one attached hydrogen (secondary N) is 2. The molecule has 140 valence electrons. The van der Waals surface area contributed by atoms with E-state index in [2.05, 4.69) is 17.6 Å². The van der Waals surface area contributed by atoms with Gasteiger partial charge < -0.3 is 15.7 Å². The van der Waals surface area contributed by atoms with Crippen molar-refractivity contribution in [1.82, 2.24) is 5.32 Å². The lowest BCUT2D eigenvalue weighted by molar-refractivity contribution is 0.232. The number of benzene rings is 1. The van der Waals surface area contributed by atoms with E-state index < -0.39 is 26.9 Å². The Morgan fingerprint density at radius 1 is 1.28 bits per heavy atom. The molecule has 0 heterocycles. The zero-order valence-corrected chi connectivity index (χ0v) is 16.2. The maximum absolute atomic E-state index is 12.4. The van der Waals surface area contributed by atoms with Crippen molar-refractivity contribution in [3.05, 3.63) is 17.2 Å². The third-order valence-corrected chi connectivity index (χ3v) is 7.32. The predicted molar refractivity (Wildman–Crippen MR) is 99.0 cm³/mol. The van der Waals surface area contributed by atoms with Crippen LogP contribution >= 0.6 is 11.6 Å². The van der Waals surface area contributed by atoms with E-state index in [1.165, 1.54) is 26.0 Å². The number of amides is 2. The molecule has 0 bridgehead atoms. The minimum absolute atomic E-state index is 0.0181. The number of urea groups is 1. The lowest BCUT2D eigenvalue weighted by Crippen LogP contribution is -2.43. The molecule has 8 heteroatoms. The van der Waals surface area contributed by atoms with Crippen molar-refractivity contribution in [2.24, 2.45) is 5.92 Å². The van der Waals surface area contributed by atoms with E-state index in [0.29, 0.717) is 5.92 Å². The van der Waals surface area contributed by atoms with Gasteiger partial charge >= 0.3 is 6.03 Å². The summed E-state index contributed by atoms with van der Waals surface area (Å²) in [5.41, 5.74) is 0.0181. The number of sulfone groups is 1. The Morgan fingerprint density at radius 3 is 2.52 bits per heavy atom.